The Labute approximate surface area is 203 Å². The summed E-state index contributed by atoms with van der Waals surface area (Å²) in [5.74, 6) is 2.21. The van der Waals surface area contributed by atoms with Crippen molar-refractivity contribution in [1.82, 2.24) is 10.6 Å². The van der Waals surface area contributed by atoms with Crippen molar-refractivity contribution < 1.29 is 18.9 Å². The number of benzene rings is 1. The quantitative estimate of drug-likeness (QED) is 0.192. The third-order valence-electron chi connectivity index (χ3n) is 5.48. The first-order valence-corrected chi connectivity index (χ1v) is 11.2. The highest BCUT2D eigenvalue weighted by Gasteiger charge is 2.17. The number of aryl methyl sites for hydroxylation is 1. The highest BCUT2D eigenvalue weighted by atomic mass is 127. The number of aliphatic imine (C=N–C) groups is 1. The third-order valence-corrected chi connectivity index (χ3v) is 5.48. The van der Waals surface area contributed by atoms with Gasteiger partial charge in [-0.15, -0.1) is 24.0 Å². The summed E-state index contributed by atoms with van der Waals surface area (Å²) in [6.45, 7) is 8.21. The highest BCUT2D eigenvalue weighted by Crippen LogP contribution is 2.22. The molecule has 2 unspecified atom stereocenters. The van der Waals surface area contributed by atoms with E-state index in [2.05, 4.69) is 40.7 Å². The molecule has 0 radical (unpaired) electrons. The Morgan fingerprint density at radius 3 is 2.84 bits per heavy atom. The van der Waals surface area contributed by atoms with Gasteiger partial charge in [-0.3, -0.25) is 4.99 Å². The van der Waals surface area contributed by atoms with Crippen molar-refractivity contribution in [2.24, 2.45) is 10.9 Å². The van der Waals surface area contributed by atoms with Gasteiger partial charge in [0.25, 0.3) is 0 Å². The molecule has 0 saturated carbocycles. The zero-order valence-corrected chi connectivity index (χ0v) is 21.2. The summed E-state index contributed by atoms with van der Waals surface area (Å²) in [5, 5.41) is 6.73. The zero-order chi connectivity index (χ0) is 21.0. The molecule has 176 valence electrons. The van der Waals surface area contributed by atoms with E-state index in [1.54, 1.807) is 7.05 Å². The molecule has 2 heterocycles. The molecule has 0 spiro atoms. The molecule has 0 aromatic heterocycles. The Bertz CT molecular complexity index is 662. The molecule has 0 amide bonds. The van der Waals surface area contributed by atoms with Gasteiger partial charge in [-0.1, -0.05) is 12.1 Å². The van der Waals surface area contributed by atoms with Gasteiger partial charge in [0.15, 0.2) is 5.96 Å². The number of ether oxygens (including phenoxy) is 4. The van der Waals surface area contributed by atoms with Gasteiger partial charge >= 0.3 is 0 Å². The van der Waals surface area contributed by atoms with Crippen LogP contribution in [0.5, 0.6) is 5.75 Å². The summed E-state index contributed by atoms with van der Waals surface area (Å²) < 4.78 is 22.9. The fraction of sp³-hybridized carbons (Fsp3) is 0.696. The van der Waals surface area contributed by atoms with Crippen molar-refractivity contribution in [1.29, 1.82) is 0 Å². The standard InChI is InChI=1S/C23H37N3O4.HI/c1-18-6-7-20(22(13-18)30-16-19-8-12-28-15-19)14-26-23(24-2)25-9-4-10-27-17-21-5-3-11-29-21;/h6-7,13,19,21H,3-5,8-12,14-17H2,1-2H3,(H2,24,25,26);1H. The molecule has 7 nitrogen and oxygen atoms in total. The van der Waals surface area contributed by atoms with Crippen LogP contribution in [-0.4, -0.2) is 65.3 Å². The van der Waals surface area contributed by atoms with Crippen molar-refractivity contribution >= 4 is 29.9 Å². The minimum atomic E-state index is 0. The average molecular weight is 547 g/mol. The van der Waals surface area contributed by atoms with E-state index in [0.717, 1.165) is 75.9 Å². The van der Waals surface area contributed by atoms with Gasteiger partial charge in [0, 0.05) is 51.4 Å². The molecule has 2 N–H and O–H groups in total. The van der Waals surface area contributed by atoms with Crippen LogP contribution in [0.4, 0.5) is 0 Å². The summed E-state index contributed by atoms with van der Waals surface area (Å²) in [7, 11) is 1.79. The van der Waals surface area contributed by atoms with E-state index >= 15 is 0 Å². The molecule has 2 fully saturated rings. The molecule has 2 atom stereocenters. The first kappa shape index (κ1) is 26.2. The molecule has 1 aromatic carbocycles. The lowest BCUT2D eigenvalue weighted by atomic mass is 10.1. The average Bonchev–Trinajstić information content (AvgIpc) is 3.46. The summed E-state index contributed by atoms with van der Waals surface area (Å²) in [6, 6.07) is 6.34. The molecule has 1 aromatic rings. The van der Waals surface area contributed by atoms with Gasteiger partial charge in [0.2, 0.25) is 0 Å². The molecule has 31 heavy (non-hydrogen) atoms. The number of nitrogens with zero attached hydrogens (tertiary/aromatic N) is 1. The topological polar surface area (TPSA) is 73.3 Å². The Morgan fingerprint density at radius 1 is 1.19 bits per heavy atom. The van der Waals surface area contributed by atoms with Crippen LogP contribution in [0.2, 0.25) is 0 Å². The molecule has 8 heteroatoms. The van der Waals surface area contributed by atoms with E-state index in [1.165, 1.54) is 5.56 Å². The van der Waals surface area contributed by atoms with Gasteiger partial charge in [0.1, 0.15) is 5.75 Å². The van der Waals surface area contributed by atoms with Crippen molar-refractivity contribution in [3.8, 4) is 5.75 Å². The molecular weight excluding hydrogens is 509 g/mol. The molecule has 3 rings (SSSR count). The lowest BCUT2D eigenvalue weighted by Crippen LogP contribution is -2.37. The van der Waals surface area contributed by atoms with Gasteiger partial charge in [-0.2, -0.15) is 0 Å². The Kier molecular flexibility index (Phi) is 12.5. The van der Waals surface area contributed by atoms with Crippen LogP contribution < -0.4 is 15.4 Å². The Morgan fingerprint density at radius 2 is 2.10 bits per heavy atom. The smallest absolute Gasteiger partial charge is 0.191 e. The maximum atomic E-state index is 6.13. The number of hydrogen-bond donors (Lipinski definition) is 2. The van der Waals surface area contributed by atoms with E-state index in [1.807, 2.05) is 0 Å². The van der Waals surface area contributed by atoms with E-state index in [9.17, 15) is 0 Å². The van der Waals surface area contributed by atoms with Crippen molar-refractivity contribution in [3.63, 3.8) is 0 Å². The lowest BCUT2D eigenvalue weighted by molar-refractivity contribution is 0.0168. The molecular formula is C23H38IN3O4. The predicted molar refractivity (Wildman–Crippen MR) is 134 cm³/mol. The van der Waals surface area contributed by atoms with Gasteiger partial charge in [0.05, 0.1) is 25.9 Å². The molecule has 2 aliphatic rings. The number of halogens is 1. The van der Waals surface area contributed by atoms with Gasteiger partial charge < -0.3 is 29.6 Å². The highest BCUT2D eigenvalue weighted by molar-refractivity contribution is 14.0. The fourth-order valence-corrected chi connectivity index (χ4v) is 3.64. The number of nitrogens with one attached hydrogen (secondary N) is 2. The number of hydrogen-bond acceptors (Lipinski definition) is 5. The molecule has 2 saturated heterocycles. The SMILES string of the molecule is CN=C(NCCCOCC1CCCO1)NCc1ccc(C)cc1OCC1CCOC1.I. The van der Waals surface area contributed by atoms with Crippen molar-refractivity contribution in [2.45, 2.75) is 45.3 Å². The second-order valence-electron chi connectivity index (χ2n) is 8.07. The number of rotatable bonds is 11. The first-order valence-electron chi connectivity index (χ1n) is 11.2. The van der Waals surface area contributed by atoms with Crippen LogP contribution in [0.15, 0.2) is 23.2 Å². The Hall–Kier alpha value is -1.10. The van der Waals surface area contributed by atoms with Crippen LogP contribution >= 0.6 is 24.0 Å². The maximum Gasteiger partial charge on any atom is 0.191 e. The first-order chi connectivity index (χ1) is 14.7. The van der Waals surface area contributed by atoms with Crippen LogP contribution in [-0.2, 0) is 20.8 Å². The van der Waals surface area contributed by atoms with Crippen LogP contribution in [0, 0.1) is 12.8 Å². The zero-order valence-electron chi connectivity index (χ0n) is 18.9. The third kappa shape index (κ3) is 9.51. The van der Waals surface area contributed by atoms with Crippen molar-refractivity contribution in [3.05, 3.63) is 29.3 Å². The second-order valence-corrected chi connectivity index (χ2v) is 8.07. The Balaban J connectivity index is 0.00000341. The minimum absolute atomic E-state index is 0. The normalized spacial score (nSPS) is 21.0. The van der Waals surface area contributed by atoms with Crippen LogP contribution in [0.1, 0.15) is 36.8 Å². The molecule has 2 aliphatic heterocycles. The summed E-state index contributed by atoms with van der Waals surface area (Å²) in [6.07, 6.45) is 4.57. The van der Waals surface area contributed by atoms with E-state index in [0.29, 0.717) is 31.8 Å². The summed E-state index contributed by atoms with van der Waals surface area (Å²) in [4.78, 5) is 4.32. The van der Waals surface area contributed by atoms with Crippen LogP contribution in [0.25, 0.3) is 0 Å². The molecule has 0 aliphatic carbocycles. The summed E-state index contributed by atoms with van der Waals surface area (Å²) >= 11 is 0. The summed E-state index contributed by atoms with van der Waals surface area (Å²) in [5.41, 5.74) is 2.32. The van der Waals surface area contributed by atoms with Gasteiger partial charge in [-0.05, 0) is 44.2 Å². The fourth-order valence-electron chi connectivity index (χ4n) is 3.64. The monoisotopic (exact) mass is 547 g/mol. The maximum absolute atomic E-state index is 6.13. The second kappa shape index (κ2) is 14.9. The van der Waals surface area contributed by atoms with E-state index in [4.69, 9.17) is 18.9 Å². The largest absolute Gasteiger partial charge is 0.493 e. The lowest BCUT2D eigenvalue weighted by Gasteiger charge is -2.17. The van der Waals surface area contributed by atoms with Crippen molar-refractivity contribution in [2.75, 3.05) is 53.2 Å². The van der Waals surface area contributed by atoms with E-state index < -0.39 is 0 Å². The van der Waals surface area contributed by atoms with Crippen LogP contribution in [0.3, 0.4) is 0 Å². The molecule has 0 bridgehead atoms. The van der Waals surface area contributed by atoms with Gasteiger partial charge in [-0.25, -0.2) is 0 Å². The predicted octanol–water partition coefficient (Wildman–Crippen LogP) is 3.28. The van der Waals surface area contributed by atoms with E-state index in [-0.39, 0.29) is 24.0 Å². The minimum Gasteiger partial charge on any atom is -0.493 e. The number of guanidine groups is 1.